The summed E-state index contributed by atoms with van der Waals surface area (Å²) in [6.45, 7) is 14.0. The fourth-order valence-electron chi connectivity index (χ4n) is 2.87. The number of hydrogen-bond donors (Lipinski definition) is 0. The number of rotatable bonds is 8. The molecule has 15 heavy (non-hydrogen) atoms. The SMILES string of the molecule is C[CH]CC(C)CC(C)CC(C)CC(C)C. The number of hydrogen-bond acceptors (Lipinski definition) is 0. The van der Waals surface area contributed by atoms with E-state index in [0.717, 1.165) is 23.7 Å². The monoisotopic (exact) mass is 211 g/mol. The summed E-state index contributed by atoms with van der Waals surface area (Å²) in [6.07, 6.45) is 7.77. The Hall–Kier alpha value is 0. The van der Waals surface area contributed by atoms with Crippen molar-refractivity contribution in [2.24, 2.45) is 23.7 Å². The first-order chi connectivity index (χ1) is 6.95. The molecule has 0 aromatic heterocycles. The second-order valence-electron chi connectivity index (χ2n) is 6.06. The second kappa shape index (κ2) is 8.19. The maximum absolute atomic E-state index is 2.42. The Morgan fingerprint density at radius 3 is 1.67 bits per heavy atom. The van der Waals surface area contributed by atoms with Gasteiger partial charge in [-0.15, -0.1) is 0 Å². The van der Waals surface area contributed by atoms with E-state index in [4.69, 9.17) is 0 Å². The predicted molar refractivity (Wildman–Crippen MR) is 70.8 cm³/mol. The minimum atomic E-state index is 0.855. The van der Waals surface area contributed by atoms with Crippen molar-refractivity contribution in [3.63, 3.8) is 0 Å². The van der Waals surface area contributed by atoms with E-state index < -0.39 is 0 Å². The average Bonchev–Trinajstić information content (AvgIpc) is 2.00. The van der Waals surface area contributed by atoms with Crippen molar-refractivity contribution in [1.29, 1.82) is 0 Å². The minimum absolute atomic E-state index is 0.855. The average molecular weight is 211 g/mol. The van der Waals surface area contributed by atoms with Crippen LogP contribution in [-0.2, 0) is 0 Å². The molecule has 0 bridgehead atoms. The van der Waals surface area contributed by atoms with Crippen molar-refractivity contribution in [3.05, 3.63) is 6.42 Å². The Bertz CT molecular complexity index is 137. The third kappa shape index (κ3) is 8.96. The van der Waals surface area contributed by atoms with Crippen LogP contribution >= 0.6 is 0 Å². The molecule has 0 rings (SSSR count). The van der Waals surface area contributed by atoms with Gasteiger partial charge in [0.2, 0.25) is 0 Å². The summed E-state index contributed by atoms with van der Waals surface area (Å²) < 4.78 is 0. The highest BCUT2D eigenvalue weighted by molar-refractivity contribution is 4.68. The molecule has 0 amide bonds. The van der Waals surface area contributed by atoms with E-state index in [9.17, 15) is 0 Å². The fourth-order valence-corrected chi connectivity index (χ4v) is 2.87. The van der Waals surface area contributed by atoms with Crippen LogP contribution in [-0.4, -0.2) is 0 Å². The maximum atomic E-state index is 2.42. The van der Waals surface area contributed by atoms with E-state index in [2.05, 4.69) is 48.0 Å². The molecule has 3 unspecified atom stereocenters. The van der Waals surface area contributed by atoms with Crippen molar-refractivity contribution in [2.45, 2.75) is 67.2 Å². The van der Waals surface area contributed by atoms with Crippen molar-refractivity contribution >= 4 is 0 Å². The molecule has 0 fully saturated rings. The second-order valence-corrected chi connectivity index (χ2v) is 6.06. The van der Waals surface area contributed by atoms with Crippen molar-refractivity contribution < 1.29 is 0 Å². The van der Waals surface area contributed by atoms with E-state index in [1.165, 1.54) is 25.7 Å². The zero-order valence-electron chi connectivity index (χ0n) is 11.7. The lowest BCUT2D eigenvalue weighted by atomic mass is 9.85. The van der Waals surface area contributed by atoms with Gasteiger partial charge in [-0.05, 0) is 55.8 Å². The lowest BCUT2D eigenvalue weighted by Gasteiger charge is -2.21. The summed E-state index contributed by atoms with van der Waals surface area (Å²) in [4.78, 5) is 0. The van der Waals surface area contributed by atoms with Crippen LogP contribution in [0.3, 0.4) is 0 Å². The molecular weight excluding hydrogens is 180 g/mol. The molecule has 0 aliphatic rings. The maximum Gasteiger partial charge on any atom is -0.0414 e. The Morgan fingerprint density at radius 2 is 1.20 bits per heavy atom. The van der Waals surface area contributed by atoms with Gasteiger partial charge in [-0.2, -0.15) is 0 Å². The van der Waals surface area contributed by atoms with Gasteiger partial charge < -0.3 is 0 Å². The van der Waals surface area contributed by atoms with Gasteiger partial charge in [0.15, 0.2) is 0 Å². The van der Waals surface area contributed by atoms with Crippen molar-refractivity contribution in [1.82, 2.24) is 0 Å². The molecular formula is C15H31. The Kier molecular flexibility index (Phi) is 8.19. The lowest BCUT2D eigenvalue weighted by Crippen LogP contribution is -2.09. The van der Waals surface area contributed by atoms with Crippen LogP contribution in [0, 0.1) is 30.1 Å². The van der Waals surface area contributed by atoms with E-state index in [-0.39, 0.29) is 0 Å². The summed E-state index contributed by atoms with van der Waals surface area (Å²) in [5.41, 5.74) is 0. The van der Waals surface area contributed by atoms with Gasteiger partial charge in [0.05, 0.1) is 0 Å². The van der Waals surface area contributed by atoms with Crippen LogP contribution in [0.1, 0.15) is 67.2 Å². The molecule has 0 nitrogen and oxygen atoms in total. The first-order valence-corrected chi connectivity index (χ1v) is 6.73. The van der Waals surface area contributed by atoms with Crippen molar-refractivity contribution in [2.75, 3.05) is 0 Å². The van der Waals surface area contributed by atoms with E-state index in [1.807, 2.05) is 0 Å². The van der Waals surface area contributed by atoms with E-state index in [0.29, 0.717) is 0 Å². The molecule has 0 N–H and O–H groups in total. The van der Waals surface area contributed by atoms with Crippen LogP contribution in [0.4, 0.5) is 0 Å². The van der Waals surface area contributed by atoms with Gasteiger partial charge in [-0.1, -0.05) is 41.5 Å². The molecule has 0 saturated carbocycles. The van der Waals surface area contributed by atoms with E-state index in [1.54, 1.807) is 0 Å². The summed E-state index contributed by atoms with van der Waals surface area (Å²) in [6, 6.07) is 0. The third-order valence-corrected chi connectivity index (χ3v) is 3.12. The first kappa shape index (κ1) is 15.0. The molecule has 0 aromatic carbocycles. The standard InChI is InChI=1S/C15H31/c1-7-8-13(4)10-15(6)11-14(5)9-12(2)3/h7,12-15H,8-11H2,1-6H3. The first-order valence-electron chi connectivity index (χ1n) is 6.73. The molecule has 0 heteroatoms. The molecule has 0 heterocycles. The molecule has 0 saturated heterocycles. The summed E-state index contributed by atoms with van der Waals surface area (Å²) in [5.74, 6) is 3.52. The zero-order chi connectivity index (χ0) is 11.8. The molecule has 0 aromatic rings. The lowest BCUT2D eigenvalue weighted by molar-refractivity contribution is 0.312. The molecule has 91 valence electrons. The van der Waals surface area contributed by atoms with Gasteiger partial charge in [0.1, 0.15) is 0 Å². The molecule has 0 aliphatic heterocycles. The fraction of sp³-hybridized carbons (Fsp3) is 0.933. The van der Waals surface area contributed by atoms with Crippen LogP contribution in [0.2, 0.25) is 0 Å². The molecule has 3 atom stereocenters. The van der Waals surface area contributed by atoms with Crippen LogP contribution in [0.25, 0.3) is 0 Å². The quantitative estimate of drug-likeness (QED) is 0.508. The van der Waals surface area contributed by atoms with Gasteiger partial charge in [0, 0.05) is 0 Å². The predicted octanol–water partition coefficient (Wildman–Crippen LogP) is 5.34. The van der Waals surface area contributed by atoms with Crippen molar-refractivity contribution in [3.8, 4) is 0 Å². The topological polar surface area (TPSA) is 0 Å². The summed E-state index contributed by atoms with van der Waals surface area (Å²) >= 11 is 0. The summed E-state index contributed by atoms with van der Waals surface area (Å²) in [5, 5.41) is 0. The molecule has 0 aliphatic carbocycles. The van der Waals surface area contributed by atoms with Crippen LogP contribution < -0.4 is 0 Å². The highest BCUT2D eigenvalue weighted by Crippen LogP contribution is 2.25. The molecule has 1 radical (unpaired) electrons. The smallest absolute Gasteiger partial charge is 0.0414 e. The third-order valence-electron chi connectivity index (χ3n) is 3.12. The Labute approximate surface area is 97.8 Å². The largest absolute Gasteiger partial charge is 0.0628 e. The van der Waals surface area contributed by atoms with E-state index >= 15 is 0 Å². The van der Waals surface area contributed by atoms with Gasteiger partial charge in [-0.3, -0.25) is 0 Å². The van der Waals surface area contributed by atoms with Gasteiger partial charge in [-0.25, -0.2) is 0 Å². The zero-order valence-corrected chi connectivity index (χ0v) is 11.7. The minimum Gasteiger partial charge on any atom is -0.0628 e. The Balaban J connectivity index is 3.67. The normalized spacial score (nSPS) is 17.8. The highest BCUT2D eigenvalue weighted by Gasteiger charge is 2.13. The molecule has 0 spiro atoms. The Morgan fingerprint density at radius 1 is 0.733 bits per heavy atom. The van der Waals surface area contributed by atoms with Crippen LogP contribution in [0.5, 0.6) is 0 Å². The van der Waals surface area contributed by atoms with Crippen LogP contribution in [0.15, 0.2) is 0 Å². The highest BCUT2D eigenvalue weighted by atomic mass is 14.2. The van der Waals surface area contributed by atoms with Gasteiger partial charge in [0.25, 0.3) is 0 Å². The van der Waals surface area contributed by atoms with Gasteiger partial charge >= 0.3 is 0 Å². The summed E-state index contributed by atoms with van der Waals surface area (Å²) in [7, 11) is 0.